The van der Waals surface area contributed by atoms with Crippen molar-refractivity contribution < 1.29 is 14.7 Å². The number of carbonyl (C=O) groups excluding carboxylic acids is 2. The Hall–Kier alpha value is -0.960. The van der Waals surface area contributed by atoms with Crippen LogP contribution >= 0.6 is 0 Å². The summed E-state index contributed by atoms with van der Waals surface area (Å²) < 4.78 is 0. The van der Waals surface area contributed by atoms with Crippen molar-refractivity contribution in [2.24, 2.45) is 40.4 Å². The van der Waals surface area contributed by atoms with Gasteiger partial charge in [-0.2, -0.15) is 0 Å². The largest absolute Gasteiger partial charge is 0.383 e. The van der Waals surface area contributed by atoms with E-state index in [1.807, 2.05) is 6.08 Å². The van der Waals surface area contributed by atoms with Gasteiger partial charge in [0.15, 0.2) is 12.1 Å². The van der Waals surface area contributed by atoms with E-state index in [4.69, 9.17) is 0 Å². The molecule has 8 atom stereocenters. The monoisotopic (exact) mass is 414 g/mol. The van der Waals surface area contributed by atoms with Crippen LogP contribution in [0.3, 0.4) is 0 Å². The fourth-order valence-electron chi connectivity index (χ4n) is 8.58. The van der Waals surface area contributed by atoms with Crippen LogP contribution in [0.2, 0.25) is 0 Å². The summed E-state index contributed by atoms with van der Waals surface area (Å²) in [6, 6.07) is 0. The number of aliphatic hydroxyl groups is 1. The number of rotatable bonds is 6. The maximum absolute atomic E-state index is 12.0. The Kier molecular flexibility index (Phi) is 5.83. The molecule has 0 aromatic rings. The summed E-state index contributed by atoms with van der Waals surface area (Å²) in [6.45, 7) is 9.10. The Morgan fingerprint density at radius 3 is 2.67 bits per heavy atom. The molecule has 30 heavy (non-hydrogen) atoms. The van der Waals surface area contributed by atoms with Crippen molar-refractivity contribution in [2.75, 3.05) is 0 Å². The van der Waals surface area contributed by atoms with Crippen LogP contribution in [0.1, 0.15) is 98.3 Å². The predicted octanol–water partition coefficient (Wildman–Crippen LogP) is 5.89. The fourth-order valence-corrected chi connectivity index (χ4v) is 8.58. The van der Waals surface area contributed by atoms with Crippen LogP contribution in [0.5, 0.6) is 0 Å². The molecule has 0 spiro atoms. The van der Waals surface area contributed by atoms with E-state index < -0.39 is 5.60 Å². The maximum atomic E-state index is 12.0. The number of ketones is 1. The number of aldehydes is 1. The minimum atomic E-state index is -1.16. The summed E-state index contributed by atoms with van der Waals surface area (Å²) in [7, 11) is 0. The van der Waals surface area contributed by atoms with Crippen LogP contribution in [-0.2, 0) is 9.59 Å². The summed E-state index contributed by atoms with van der Waals surface area (Å²) in [6.07, 6.45) is 14.9. The van der Waals surface area contributed by atoms with Gasteiger partial charge in [-0.25, -0.2) is 0 Å². The normalized spacial score (nSPS) is 43.6. The minimum Gasteiger partial charge on any atom is -0.383 e. The lowest BCUT2D eigenvalue weighted by atomic mass is 9.46. The standard InChI is InChI=1S/C27H42O3/c1-18(6-5-13-25(2,30)17-28)22-9-10-23-21-8-7-19-16-20(29)11-14-26(19,3)24(21)12-15-27(22,23)4/h16-18,21-24,30H,5-15H2,1-4H3/t18-,21+,22-,23+,24+,25?,26+,27-/m1/s1. The third-order valence-electron chi connectivity index (χ3n) is 10.3. The van der Waals surface area contributed by atoms with Crippen LogP contribution < -0.4 is 0 Å². The zero-order chi connectivity index (χ0) is 21.7. The molecule has 4 aliphatic rings. The van der Waals surface area contributed by atoms with Crippen LogP contribution in [0.25, 0.3) is 0 Å². The van der Waals surface area contributed by atoms with Crippen molar-refractivity contribution in [3.63, 3.8) is 0 Å². The van der Waals surface area contributed by atoms with Gasteiger partial charge in [0.05, 0.1) is 0 Å². The molecular formula is C27H42O3. The Labute approximate surface area is 183 Å². The zero-order valence-corrected chi connectivity index (χ0v) is 19.6. The molecule has 1 unspecified atom stereocenters. The molecule has 4 aliphatic carbocycles. The van der Waals surface area contributed by atoms with Gasteiger partial charge in [0, 0.05) is 6.42 Å². The molecule has 4 rings (SSSR count). The van der Waals surface area contributed by atoms with Crippen molar-refractivity contribution in [3.05, 3.63) is 11.6 Å². The first-order chi connectivity index (χ1) is 14.1. The molecule has 1 N–H and O–H groups in total. The van der Waals surface area contributed by atoms with Crippen LogP contribution in [0.15, 0.2) is 11.6 Å². The van der Waals surface area contributed by atoms with Crippen molar-refractivity contribution in [2.45, 2.75) is 104 Å². The lowest BCUT2D eigenvalue weighted by Crippen LogP contribution is -2.51. The van der Waals surface area contributed by atoms with Gasteiger partial charge >= 0.3 is 0 Å². The molecule has 0 saturated heterocycles. The topological polar surface area (TPSA) is 54.4 Å². The molecule has 0 aromatic carbocycles. The highest BCUT2D eigenvalue weighted by atomic mass is 16.3. The number of hydrogen-bond donors (Lipinski definition) is 1. The average Bonchev–Trinajstić information content (AvgIpc) is 3.05. The van der Waals surface area contributed by atoms with E-state index in [-0.39, 0.29) is 5.41 Å². The molecule has 0 radical (unpaired) electrons. The highest BCUT2D eigenvalue weighted by molar-refractivity contribution is 5.91. The summed E-state index contributed by atoms with van der Waals surface area (Å²) in [5.41, 5.74) is 1.01. The lowest BCUT2D eigenvalue weighted by Gasteiger charge is -2.58. The van der Waals surface area contributed by atoms with Gasteiger partial charge in [-0.05, 0) is 111 Å². The molecule has 0 bridgehead atoms. The summed E-state index contributed by atoms with van der Waals surface area (Å²) in [5, 5.41) is 10.0. The Morgan fingerprint density at radius 1 is 1.17 bits per heavy atom. The van der Waals surface area contributed by atoms with Crippen molar-refractivity contribution in [3.8, 4) is 0 Å². The van der Waals surface area contributed by atoms with Gasteiger partial charge in [0.1, 0.15) is 5.60 Å². The Bertz CT molecular complexity index is 722. The number of hydrogen-bond acceptors (Lipinski definition) is 3. The molecule has 0 heterocycles. The first-order valence-electron chi connectivity index (χ1n) is 12.5. The molecule has 0 aliphatic heterocycles. The summed E-state index contributed by atoms with van der Waals surface area (Å²) in [5.74, 6) is 4.19. The number of carbonyl (C=O) groups is 2. The second kappa shape index (κ2) is 7.87. The molecule has 3 saturated carbocycles. The highest BCUT2D eigenvalue weighted by Crippen LogP contribution is 2.67. The Morgan fingerprint density at radius 2 is 1.93 bits per heavy atom. The smallest absolute Gasteiger partial charge is 0.155 e. The maximum Gasteiger partial charge on any atom is 0.155 e. The molecule has 0 amide bonds. The fraction of sp³-hybridized carbons (Fsp3) is 0.852. The van der Waals surface area contributed by atoms with Crippen molar-refractivity contribution in [1.29, 1.82) is 0 Å². The predicted molar refractivity (Wildman–Crippen MR) is 120 cm³/mol. The minimum absolute atomic E-state index is 0.266. The second-order valence-electron chi connectivity index (χ2n) is 12.0. The third kappa shape index (κ3) is 3.63. The van der Waals surface area contributed by atoms with Gasteiger partial charge in [0.2, 0.25) is 0 Å². The van der Waals surface area contributed by atoms with E-state index in [0.717, 1.165) is 55.8 Å². The SMILES string of the molecule is C[C@H](CCCC(C)(O)C=O)[C@H]1CC[C@H]2[C@@H]3CCC4=CC(=O)CC[C@]4(C)[C@H]3CC[C@]12C. The van der Waals surface area contributed by atoms with E-state index in [0.29, 0.717) is 29.8 Å². The zero-order valence-electron chi connectivity index (χ0n) is 19.6. The van der Waals surface area contributed by atoms with Gasteiger partial charge in [-0.1, -0.05) is 32.8 Å². The van der Waals surface area contributed by atoms with Gasteiger partial charge in [-0.3, -0.25) is 4.79 Å². The molecule has 3 nitrogen and oxygen atoms in total. The quantitative estimate of drug-likeness (QED) is 0.551. The molecule has 3 fully saturated rings. The average molecular weight is 415 g/mol. The second-order valence-corrected chi connectivity index (χ2v) is 12.0. The molecule has 3 heteroatoms. The van der Waals surface area contributed by atoms with E-state index in [1.54, 1.807) is 6.92 Å². The first kappa shape index (κ1) is 22.2. The van der Waals surface area contributed by atoms with Crippen LogP contribution in [-0.4, -0.2) is 22.8 Å². The van der Waals surface area contributed by atoms with E-state index in [2.05, 4.69) is 20.8 Å². The molecule has 168 valence electrons. The van der Waals surface area contributed by atoms with Crippen molar-refractivity contribution in [1.82, 2.24) is 0 Å². The number of allylic oxidation sites excluding steroid dienone is 1. The number of fused-ring (bicyclic) bond motifs is 5. The van der Waals surface area contributed by atoms with Crippen LogP contribution in [0, 0.1) is 40.4 Å². The molecule has 0 aromatic heterocycles. The third-order valence-corrected chi connectivity index (χ3v) is 10.3. The molecular weight excluding hydrogens is 372 g/mol. The van der Waals surface area contributed by atoms with Gasteiger partial charge < -0.3 is 9.90 Å². The van der Waals surface area contributed by atoms with Crippen LogP contribution in [0.4, 0.5) is 0 Å². The lowest BCUT2D eigenvalue weighted by molar-refractivity contribution is -0.123. The van der Waals surface area contributed by atoms with Gasteiger partial charge in [-0.15, -0.1) is 0 Å². The first-order valence-corrected chi connectivity index (χ1v) is 12.5. The van der Waals surface area contributed by atoms with E-state index >= 15 is 0 Å². The van der Waals surface area contributed by atoms with E-state index in [9.17, 15) is 14.7 Å². The van der Waals surface area contributed by atoms with Gasteiger partial charge in [0.25, 0.3) is 0 Å². The van der Waals surface area contributed by atoms with E-state index in [1.165, 1.54) is 37.7 Å². The summed E-state index contributed by atoms with van der Waals surface area (Å²) in [4.78, 5) is 23.0. The highest BCUT2D eigenvalue weighted by Gasteiger charge is 2.59. The summed E-state index contributed by atoms with van der Waals surface area (Å²) >= 11 is 0. The Balaban J connectivity index is 1.46. The van der Waals surface area contributed by atoms with Crippen molar-refractivity contribution >= 4 is 12.1 Å².